The normalized spacial score (nSPS) is 12.5. The summed E-state index contributed by atoms with van der Waals surface area (Å²) in [7, 11) is -3.70. The van der Waals surface area contributed by atoms with Crippen molar-refractivity contribution in [1.82, 2.24) is 0 Å². The van der Waals surface area contributed by atoms with Gasteiger partial charge in [-0.1, -0.05) is 0 Å². The number of hydrogen-bond acceptors (Lipinski definition) is 4. The summed E-state index contributed by atoms with van der Waals surface area (Å²) in [6, 6.07) is 3.22. The minimum atomic E-state index is -3.70. The topological polar surface area (TPSA) is 78.6 Å². The molecule has 0 heterocycles. The Kier molecular flexibility index (Phi) is 5.18. The molecule has 1 rings (SSSR count). The Bertz CT molecular complexity index is 574. The van der Waals surface area contributed by atoms with E-state index in [0.29, 0.717) is 24.5 Å². The molecule has 1 aromatic carbocycles. The molecule has 0 aliphatic rings. The van der Waals surface area contributed by atoms with Crippen LogP contribution in [0.4, 0.5) is 0 Å². The number of nitrogens with two attached hydrogens (primary N) is 1. The van der Waals surface area contributed by atoms with E-state index in [4.69, 9.17) is 14.6 Å². The third-order valence-electron chi connectivity index (χ3n) is 2.66. The van der Waals surface area contributed by atoms with E-state index in [2.05, 4.69) is 0 Å². The van der Waals surface area contributed by atoms with Crippen LogP contribution < -0.4 is 9.88 Å². The van der Waals surface area contributed by atoms with Crippen molar-refractivity contribution in [3.8, 4) is 5.75 Å². The lowest BCUT2D eigenvalue weighted by Gasteiger charge is -2.20. The lowest BCUT2D eigenvalue weighted by atomic mass is 10.1. The van der Waals surface area contributed by atoms with Gasteiger partial charge in [0.1, 0.15) is 12.4 Å². The van der Waals surface area contributed by atoms with E-state index < -0.39 is 10.0 Å². The maximum absolute atomic E-state index is 11.4. The molecule has 0 saturated carbocycles. The summed E-state index contributed by atoms with van der Waals surface area (Å²) in [5.41, 5.74) is 1.10. The number of aryl methyl sites for hydroxylation is 2. The average molecular weight is 301 g/mol. The van der Waals surface area contributed by atoms with Crippen molar-refractivity contribution in [1.29, 1.82) is 0 Å². The highest BCUT2D eigenvalue weighted by Gasteiger charge is 2.15. The van der Waals surface area contributed by atoms with Crippen LogP contribution in [0.25, 0.3) is 0 Å². The van der Waals surface area contributed by atoms with Crippen LogP contribution in [0, 0.1) is 13.8 Å². The molecule has 0 aliphatic carbocycles. The van der Waals surface area contributed by atoms with Crippen molar-refractivity contribution in [2.24, 2.45) is 5.14 Å². The molecule has 0 bridgehead atoms. The average Bonchev–Trinajstić information content (AvgIpc) is 2.25. The van der Waals surface area contributed by atoms with E-state index in [0.717, 1.165) is 5.56 Å². The molecule has 5 nitrogen and oxygen atoms in total. The standard InChI is InChI=1S/C14H23NO4S/c1-10-9-13(20(15,16)17)11(2)8-12(10)18-6-7-19-14(3,4)5/h8-9H,6-7H2,1-5H3,(H2,15,16,17). The predicted molar refractivity (Wildman–Crippen MR) is 78.5 cm³/mol. The first kappa shape index (κ1) is 16.9. The summed E-state index contributed by atoms with van der Waals surface area (Å²) < 4.78 is 34.0. The fourth-order valence-corrected chi connectivity index (χ4v) is 2.57. The van der Waals surface area contributed by atoms with Gasteiger partial charge in [-0.3, -0.25) is 0 Å². The molecule has 2 N–H and O–H groups in total. The number of hydrogen-bond donors (Lipinski definition) is 1. The number of benzene rings is 1. The minimum Gasteiger partial charge on any atom is -0.491 e. The van der Waals surface area contributed by atoms with Crippen LogP contribution in [-0.4, -0.2) is 27.2 Å². The Morgan fingerprint density at radius 2 is 1.70 bits per heavy atom. The Hall–Kier alpha value is -1.11. The summed E-state index contributed by atoms with van der Waals surface area (Å²) in [5.74, 6) is 0.646. The molecule has 0 amide bonds. The van der Waals surface area contributed by atoms with E-state index >= 15 is 0 Å². The molecule has 0 aromatic heterocycles. The molecule has 6 heteroatoms. The van der Waals surface area contributed by atoms with Crippen molar-refractivity contribution >= 4 is 10.0 Å². The molecule has 0 atom stereocenters. The Labute approximate surface area is 121 Å². The van der Waals surface area contributed by atoms with Crippen molar-refractivity contribution in [2.45, 2.75) is 45.1 Å². The van der Waals surface area contributed by atoms with Gasteiger partial charge in [0.25, 0.3) is 0 Å². The van der Waals surface area contributed by atoms with Crippen LogP contribution in [-0.2, 0) is 14.8 Å². The summed E-state index contributed by atoms with van der Waals surface area (Å²) in [5, 5.41) is 5.16. The summed E-state index contributed by atoms with van der Waals surface area (Å²) in [6.07, 6.45) is 0. The van der Waals surface area contributed by atoms with Gasteiger partial charge < -0.3 is 9.47 Å². The fourth-order valence-electron chi connectivity index (χ4n) is 1.72. The first-order valence-corrected chi connectivity index (χ1v) is 7.96. The highest BCUT2D eigenvalue weighted by Crippen LogP contribution is 2.25. The first-order valence-electron chi connectivity index (χ1n) is 6.41. The number of ether oxygens (including phenoxy) is 2. The summed E-state index contributed by atoms with van der Waals surface area (Å²) >= 11 is 0. The molecular formula is C14H23NO4S. The number of rotatable bonds is 5. The van der Waals surface area contributed by atoms with Crippen molar-refractivity contribution in [3.05, 3.63) is 23.3 Å². The molecule has 0 radical (unpaired) electrons. The molecule has 1 aromatic rings. The van der Waals surface area contributed by atoms with Gasteiger partial charge in [0.15, 0.2) is 0 Å². The maximum atomic E-state index is 11.4. The van der Waals surface area contributed by atoms with Crippen molar-refractivity contribution in [3.63, 3.8) is 0 Å². The zero-order chi connectivity index (χ0) is 15.6. The van der Waals surface area contributed by atoms with Gasteiger partial charge in [-0.2, -0.15) is 0 Å². The predicted octanol–water partition coefficient (Wildman–Crippen LogP) is 2.14. The van der Waals surface area contributed by atoms with Gasteiger partial charge >= 0.3 is 0 Å². The molecule has 20 heavy (non-hydrogen) atoms. The van der Waals surface area contributed by atoms with Crippen LogP contribution in [0.5, 0.6) is 5.75 Å². The second-order valence-corrected chi connectivity index (χ2v) is 7.27. The van der Waals surface area contributed by atoms with Crippen LogP contribution in [0.1, 0.15) is 31.9 Å². The van der Waals surface area contributed by atoms with E-state index in [-0.39, 0.29) is 10.5 Å². The molecule has 0 aliphatic heterocycles. The fraction of sp³-hybridized carbons (Fsp3) is 0.571. The smallest absolute Gasteiger partial charge is 0.238 e. The monoisotopic (exact) mass is 301 g/mol. The van der Waals surface area contributed by atoms with Gasteiger partial charge in [-0.25, -0.2) is 13.6 Å². The largest absolute Gasteiger partial charge is 0.491 e. The number of primary sulfonamides is 1. The van der Waals surface area contributed by atoms with E-state index in [9.17, 15) is 8.42 Å². The highest BCUT2D eigenvalue weighted by atomic mass is 32.2. The molecule has 0 saturated heterocycles. The highest BCUT2D eigenvalue weighted by molar-refractivity contribution is 7.89. The van der Waals surface area contributed by atoms with Gasteiger partial charge in [0.05, 0.1) is 17.1 Å². The van der Waals surface area contributed by atoms with Gasteiger partial charge in [0, 0.05) is 0 Å². The van der Waals surface area contributed by atoms with Crippen LogP contribution >= 0.6 is 0 Å². The van der Waals surface area contributed by atoms with E-state index in [1.54, 1.807) is 19.9 Å². The zero-order valence-corrected chi connectivity index (χ0v) is 13.5. The molecule has 0 fully saturated rings. The minimum absolute atomic E-state index is 0.133. The lowest BCUT2D eigenvalue weighted by molar-refractivity contribution is -0.0163. The van der Waals surface area contributed by atoms with Crippen molar-refractivity contribution in [2.75, 3.05) is 13.2 Å². The summed E-state index contributed by atoms with van der Waals surface area (Å²) in [6.45, 7) is 10.3. The molecule has 0 unspecified atom stereocenters. The number of sulfonamides is 1. The third kappa shape index (κ3) is 5.11. The quantitative estimate of drug-likeness (QED) is 0.845. The van der Waals surface area contributed by atoms with Crippen LogP contribution in [0.3, 0.4) is 0 Å². The van der Waals surface area contributed by atoms with Gasteiger partial charge in [-0.15, -0.1) is 0 Å². The van der Waals surface area contributed by atoms with Gasteiger partial charge in [0.2, 0.25) is 10.0 Å². The van der Waals surface area contributed by atoms with Crippen molar-refractivity contribution < 1.29 is 17.9 Å². The first-order chi connectivity index (χ1) is 9.00. The molecule has 0 spiro atoms. The van der Waals surface area contributed by atoms with Gasteiger partial charge in [-0.05, 0) is 57.9 Å². The van der Waals surface area contributed by atoms with E-state index in [1.165, 1.54) is 6.07 Å². The second kappa shape index (κ2) is 6.11. The van der Waals surface area contributed by atoms with Crippen LogP contribution in [0.2, 0.25) is 0 Å². The lowest BCUT2D eigenvalue weighted by Crippen LogP contribution is -2.22. The Morgan fingerprint density at radius 3 is 2.20 bits per heavy atom. The zero-order valence-electron chi connectivity index (χ0n) is 12.7. The SMILES string of the molecule is Cc1cc(S(N)(=O)=O)c(C)cc1OCCOC(C)(C)C. The Balaban J connectivity index is 2.76. The molecular weight excluding hydrogens is 278 g/mol. The van der Waals surface area contributed by atoms with E-state index in [1.807, 2.05) is 20.8 Å². The maximum Gasteiger partial charge on any atom is 0.238 e. The summed E-state index contributed by atoms with van der Waals surface area (Å²) in [4.78, 5) is 0.133. The molecule has 114 valence electrons. The van der Waals surface area contributed by atoms with Crippen LogP contribution in [0.15, 0.2) is 17.0 Å². The third-order valence-corrected chi connectivity index (χ3v) is 3.71. The second-order valence-electron chi connectivity index (χ2n) is 5.74. The Morgan fingerprint density at radius 1 is 1.10 bits per heavy atom.